The first-order valence-electron chi connectivity index (χ1n) is 8.57. The first-order chi connectivity index (χ1) is 12.2. The van der Waals surface area contributed by atoms with E-state index in [1.807, 2.05) is 6.07 Å². The lowest BCUT2D eigenvalue weighted by Gasteiger charge is -2.33. The Labute approximate surface area is 146 Å². The number of ether oxygens (including phenoxy) is 1. The highest BCUT2D eigenvalue weighted by atomic mass is 19.1. The lowest BCUT2D eigenvalue weighted by molar-refractivity contribution is 0.170. The van der Waals surface area contributed by atoms with Crippen LogP contribution in [0.4, 0.5) is 10.2 Å². The second-order valence-electron chi connectivity index (χ2n) is 6.48. The van der Waals surface area contributed by atoms with E-state index in [0.717, 1.165) is 48.4 Å². The Balaban J connectivity index is 1.47. The zero-order chi connectivity index (χ0) is 17.2. The molecule has 2 heterocycles. The van der Waals surface area contributed by atoms with E-state index in [1.165, 1.54) is 17.7 Å². The molecule has 0 bridgehead atoms. The number of aryl methyl sites for hydroxylation is 1. The Morgan fingerprint density at radius 2 is 1.80 bits per heavy atom. The molecule has 1 saturated heterocycles. The molecular weight excluding hydrogens is 317 g/mol. The Kier molecular flexibility index (Phi) is 4.22. The quantitative estimate of drug-likeness (QED) is 0.720. The van der Waals surface area contributed by atoms with Crippen LogP contribution in [0.1, 0.15) is 18.4 Å². The molecular formula is C20H20FN3O. The molecule has 3 aromatic rings. The van der Waals surface area contributed by atoms with Crippen molar-refractivity contribution in [1.82, 2.24) is 9.97 Å². The van der Waals surface area contributed by atoms with Gasteiger partial charge in [-0.3, -0.25) is 0 Å². The number of piperidine rings is 1. The first kappa shape index (κ1) is 15.8. The van der Waals surface area contributed by atoms with E-state index in [2.05, 4.69) is 33.9 Å². The summed E-state index contributed by atoms with van der Waals surface area (Å²) in [6.45, 7) is 3.84. The SMILES string of the molecule is Cc1ccc2ncnc(N3CCC(Oc4ccc(F)cc4)CC3)c2c1. The normalized spacial score (nSPS) is 15.5. The van der Waals surface area contributed by atoms with Crippen molar-refractivity contribution in [2.24, 2.45) is 0 Å². The van der Waals surface area contributed by atoms with Crippen LogP contribution >= 0.6 is 0 Å². The molecule has 4 rings (SSSR count). The van der Waals surface area contributed by atoms with E-state index in [-0.39, 0.29) is 11.9 Å². The van der Waals surface area contributed by atoms with Crippen molar-refractivity contribution in [3.63, 3.8) is 0 Å². The number of anilines is 1. The summed E-state index contributed by atoms with van der Waals surface area (Å²) in [5.74, 6) is 1.48. The van der Waals surface area contributed by atoms with Crippen LogP contribution in [-0.4, -0.2) is 29.2 Å². The standard InChI is InChI=1S/C20H20FN3O/c1-14-2-7-19-18(12-14)20(23-13-22-19)24-10-8-17(9-11-24)25-16-5-3-15(21)4-6-16/h2-7,12-13,17H,8-11H2,1H3. The summed E-state index contributed by atoms with van der Waals surface area (Å²) in [5.41, 5.74) is 2.18. The number of fused-ring (bicyclic) bond motifs is 1. The molecule has 1 aromatic heterocycles. The van der Waals surface area contributed by atoms with Crippen molar-refractivity contribution in [3.05, 3.63) is 60.2 Å². The van der Waals surface area contributed by atoms with Crippen LogP contribution in [0.2, 0.25) is 0 Å². The molecule has 4 nitrogen and oxygen atoms in total. The molecule has 0 unspecified atom stereocenters. The minimum Gasteiger partial charge on any atom is -0.490 e. The molecule has 0 amide bonds. The van der Waals surface area contributed by atoms with E-state index < -0.39 is 0 Å². The molecule has 1 fully saturated rings. The van der Waals surface area contributed by atoms with E-state index in [9.17, 15) is 4.39 Å². The third-order valence-electron chi connectivity index (χ3n) is 4.63. The van der Waals surface area contributed by atoms with Gasteiger partial charge in [0.1, 0.15) is 29.8 Å². The van der Waals surface area contributed by atoms with Crippen molar-refractivity contribution in [2.45, 2.75) is 25.9 Å². The van der Waals surface area contributed by atoms with Gasteiger partial charge >= 0.3 is 0 Å². The maximum atomic E-state index is 13.0. The maximum absolute atomic E-state index is 13.0. The van der Waals surface area contributed by atoms with Crippen LogP contribution in [0.15, 0.2) is 48.8 Å². The lowest BCUT2D eigenvalue weighted by atomic mass is 10.1. The second kappa shape index (κ2) is 6.67. The van der Waals surface area contributed by atoms with Crippen molar-refractivity contribution in [1.29, 1.82) is 0 Å². The van der Waals surface area contributed by atoms with Gasteiger partial charge in [0, 0.05) is 31.3 Å². The van der Waals surface area contributed by atoms with Gasteiger partial charge in [0.05, 0.1) is 5.52 Å². The molecule has 0 atom stereocenters. The number of hydrogen-bond acceptors (Lipinski definition) is 4. The minimum atomic E-state index is -0.242. The zero-order valence-electron chi connectivity index (χ0n) is 14.2. The van der Waals surface area contributed by atoms with E-state index in [1.54, 1.807) is 18.5 Å². The van der Waals surface area contributed by atoms with Crippen LogP contribution in [0.25, 0.3) is 10.9 Å². The number of rotatable bonds is 3. The summed E-state index contributed by atoms with van der Waals surface area (Å²) in [5, 5.41) is 1.10. The van der Waals surface area contributed by atoms with Gasteiger partial charge in [-0.1, -0.05) is 11.6 Å². The van der Waals surface area contributed by atoms with Crippen molar-refractivity contribution < 1.29 is 9.13 Å². The third-order valence-corrected chi connectivity index (χ3v) is 4.63. The van der Waals surface area contributed by atoms with E-state index >= 15 is 0 Å². The van der Waals surface area contributed by atoms with Crippen LogP contribution in [0.3, 0.4) is 0 Å². The topological polar surface area (TPSA) is 38.2 Å². The monoisotopic (exact) mass is 337 g/mol. The van der Waals surface area contributed by atoms with Gasteiger partial charge in [-0.05, 0) is 43.3 Å². The average molecular weight is 337 g/mol. The summed E-state index contributed by atoms with van der Waals surface area (Å²) in [6, 6.07) is 12.5. The molecule has 0 N–H and O–H groups in total. The number of hydrogen-bond donors (Lipinski definition) is 0. The Hall–Kier alpha value is -2.69. The summed E-state index contributed by atoms with van der Waals surface area (Å²) >= 11 is 0. The van der Waals surface area contributed by atoms with Gasteiger partial charge in [0.2, 0.25) is 0 Å². The number of benzene rings is 2. The molecule has 0 radical (unpaired) electrons. The highest BCUT2D eigenvalue weighted by molar-refractivity contribution is 5.89. The average Bonchev–Trinajstić information content (AvgIpc) is 2.64. The van der Waals surface area contributed by atoms with Gasteiger partial charge in [0.15, 0.2) is 0 Å². The third kappa shape index (κ3) is 3.40. The molecule has 25 heavy (non-hydrogen) atoms. The number of halogens is 1. The molecule has 2 aromatic carbocycles. The van der Waals surface area contributed by atoms with Gasteiger partial charge in [0.25, 0.3) is 0 Å². The Morgan fingerprint density at radius 1 is 1.04 bits per heavy atom. The molecule has 0 aliphatic carbocycles. The number of nitrogens with zero attached hydrogens (tertiary/aromatic N) is 3. The van der Waals surface area contributed by atoms with Gasteiger partial charge in [-0.2, -0.15) is 0 Å². The number of aromatic nitrogens is 2. The summed E-state index contributed by atoms with van der Waals surface area (Å²) in [4.78, 5) is 11.2. The molecule has 0 spiro atoms. The highest BCUT2D eigenvalue weighted by Crippen LogP contribution is 2.27. The largest absolute Gasteiger partial charge is 0.490 e. The van der Waals surface area contributed by atoms with Crippen LogP contribution in [0.5, 0.6) is 5.75 Å². The second-order valence-corrected chi connectivity index (χ2v) is 6.48. The van der Waals surface area contributed by atoms with Crippen LogP contribution in [0, 0.1) is 12.7 Å². The fourth-order valence-corrected chi connectivity index (χ4v) is 3.30. The lowest BCUT2D eigenvalue weighted by Crippen LogP contribution is -2.38. The predicted octanol–water partition coefficient (Wildman–Crippen LogP) is 4.13. The van der Waals surface area contributed by atoms with Gasteiger partial charge in [-0.15, -0.1) is 0 Å². The smallest absolute Gasteiger partial charge is 0.139 e. The molecule has 128 valence electrons. The summed E-state index contributed by atoms with van der Waals surface area (Å²) < 4.78 is 19.0. The van der Waals surface area contributed by atoms with Crippen LogP contribution in [-0.2, 0) is 0 Å². The molecule has 5 heteroatoms. The van der Waals surface area contributed by atoms with Crippen molar-refractivity contribution in [2.75, 3.05) is 18.0 Å². The molecule has 1 aliphatic heterocycles. The summed E-state index contributed by atoms with van der Waals surface area (Å²) in [7, 11) is 0. The predicted molar refractivity (Wildman–Crippen MR) is 96.5 cm³/mol. The highest BCUT2D eigenvalue weighted by Gasteiger charge is 2.23. The van der Waals surface area contributed by atoms with E-state index in [0.29, 0.717) is 0 Å². The van der Waals surface area contributed by atoms with Gasteiger partial charge < -0.3 is 9.64 Å². The fraction of sp³-hybridized carbons (Fsp3) is 0.300. The van der Waals surface area contributed by atoms with Crippen molar-refractivity contribution >= 4 is 16.7 Å². The van der Waals surface area contributed by atoms with Crippen molar-refractivity contribution in [3.8, 4) is 5.75 Å². The van der Waals surface area contributed by atoms with Crippen LogP contribution < -0.4 is 9.64 Å². The summed E-state index contributed by atoms with van der Waals surface area (Å²) in [6.07, 6.45) is 3.61. The van der Waals surface area contributed by atoms with Gasteiger partial charge in [-0.25, -0.2) is 14.4 Å². The first-order valence-corrected chi connectivity index (χ1v) is 8.57. The minimum absolute atomic E-state index is 0.150. The molecule has 1 aliphatic rings. The Bertz CT molecular complexity index is 874. The van der Waals surface area contributed by atoms with E-state index in [4.69, 9.17) is 4.74 Å². The fourth-order valence-electron chi connectivity index (χ4n) is 3.30. The molecule has 0 saturated carbocycles. The Morgan fingerprint density at radius 3 is 2.56 bits per heavy atom. The maximum Gasteiger partial charge on any atom is 0.139 e. The zero-order valence-corrected chi connectivity index (χ0v) is 14.2.